The van der Waals surface area contributed by atoms with E-state index in [0.29, 0.717) is 26.3 Å². The Morgan fingerprint density at radius 1 is 1.05 bits per heavy atom. The molecule has 0 atom stereocenters. The summed E-state index contributed by atoms with van der Waals surface area (Å²) in [5.41, 5.74) is 0. The molecule has 0 aromatic heterocycles. The molecule has 0 bridgehead atoms. The molecule has 1 saturated carbocycles. The Kier molecular flexibility index (Phi) is 5.40. The van der Waals surface area contributed by atoms with Gasteiger partial charge in [0.05, 0.1) is 18.6 Å². The first kappa shape index (κ1) is 15.3. The number of amides is 1. The molecular formula is C15H25NO4. The molecular weight excluding hydrogens is 258 g/mol. The van der Waals surface area contributed by atoms with Gasteiger partial charge in [0.25, 0.3) is 0 Å². The maximum absolute atomic E-state index is 11.9. The Morgan fingerprint density at radius 3 is 2.25 bits per heavy atom. The van der Waals surface area contributed by atoms with Crippen molar-refractivity contribution in [3.05, 3.63) is 0 Å². The van der Waals surface area contributed by atoms with Gasteiger partial charge in [-0.2, -0.15) is 0 Å². The van der Waals surface area contributed by atoms with Gasteiger partial charge in [-0.3, -0.25) is 9.59 Å². The summed E-state index contributed by atoms with van der Waals surface area (Å²) in [5, 5.41) is 0. The Bertz CT molecular complexity index is 344. The van der Waals surface area contributed by atoms with Gasteiger partial charge in [-0.15, -0.1) is 0 Å². The van der Waals surface area contributed by atoms with Crippen LogP contribution in [0.3, 0.4) is 0 Å². The van der Waals surface area contributed by atoms with Crippen LogP contribution in [0.5, 0.6) is 0 Å². The lowest BCUT2D eigenvalue weighted by Gasteiger charge is -2.31. The topological polar surface area (TPSA) is 55.8 Å². The lowest BCUT2D eigenvalue weighted by molar-refractivity contribution is -0.153. The lowest BCUT2D eigenvalue weighted by atomic mass is 9.97. The van der Waals surface area contributed by atoms with Crippen LogP contribution in [0.2, 0.25) is 0 Å². The minimum Gasteiger partial charge on any atom is -0.463 e. The first-order chi connectivity index (χ1) is 9.58. The van der Waals surface area contributed by atoms with Crippen LogP contribution in [0, 0.1) is 11.8 Å². The first-order valence-corrected chi connectivity index (χ1v) is 7.65. The smallest absolute Gasteiger partial charge is 0.309 e. The zero-order chi connectivity index (χ0) is 14.5. The summed E-state index contributed by atoms with van der Waals surface area (Å²) >= 11 is 0. The molecule has 1 saturated heterocycles. The third-order valence-corrected chi connectivity index (χ3v) is 3.85. The molecule has 2 aliphatic rings. The largest absolute Gasteiger partial charge is 0.463 e. The van der Waals surface area contributed by atoms with Crippen molar-refractivity contribution in [3.8, 4) is 0 Å². The van der Waals surface area contributed by atoms with Crippen molar-refractivity contribution in [3.63, 3.8) is 0 Å². The molecule has 114 valence electrons. The van der Waals surface area contributed by atoms with E-state index in [-0.39, 0.29) is 29.8 Å². The van der Waals surface area contributed by atoms with Crippen molar-refractivity contribution in [2.45, 2.75) is 45.6 Å². The van der Waals surface area contributed by atoms with Crippen LogP contribution in [0.4, 0.5) is 0 Å². The first-order valence-electron chi connectivity index (χ1n) is 7.65. The van der Waals surface area contributed by atoms with Gasteiger partial charge in [0, 0.05) is 19.0 Å². The molecule has 1 aliphatic carbocycles. The van der Waals surface area contributed by atoms with Gasteiger partial charge in [0.1, 0.15) is 6.61 Å². The summed E-state index contributed by atoms with van der Waals surface area (Å²) in [6.07, 6.45) is 3.68. The van der Waals surface area contributed by atoms with Gasteiger partial charge < -0.3 is 14.4 Å². The number of hydrogen-bond acceptors (Lipinski definition) is 4. The average Bonchev–Trinajstić information content (AvgIpc) is 3.27. The van der Waals surface area contributed by atoms with Gasteiger partial charge in [-0.25, -0.2) is 0 Å². The molecule has 0 N–H and O–H groups in total. The number of nitrogens with zero attached hydrogens (tertiary/aromatic N) is 1. The van der Waals surface area contributed by atoms with Crippen molar-refractivity contribution >= 4 is 11.9 Å². The van der Waals surface area contributed by atoms with Crippen molar-refractivity contribution in [1.29, 1.82) is 0 Å². The van der Waals surface area contributed by atoms with Crippen LogP contribution in [-0.4, -0.2) is 49.2 Å². The van der Waals surface area contributed by atoms with Crippen molar-refractivity contribution in [2.75, 3.05) is 26.3 Å². The molecule has 1 heterocycles. The molecule has 0 aromatic carbocycles. The summed E-state index contributed by atoms with van der Waals surface area (Å²) < 4.78 is 10.6. The fourth-order valence-corrected chi connectivity index (χ4v) is 2.47. The van der Waals surface area contributed by atoms with E-state index in [1.54, 1.807) is 0 Å². The van der Waals surface area contributed by atoms with Gasteiger partial charge in [-0.05, 0) is 39.5 Å². The van der Waals surface area contributed by atoms with E-state index < -0.39 is 0 Å². The highest BCUT2D eigenvalue weighted by Crippen LogP contribution is 2.32. The predicted octanol–water partition coefficient (Wildman–Crippen LogP) is 1.60. The average molecular weight is 283 g/mol. The number of carbonyl (C=O) groups is 2. The van der Waals surface area contributed by atoms with Crippen LogP contribution < -0.4 is 0 Å². The monoisotopic (exact) mass is 283 g/mol. The van der Waals surface area contributed by atoms with E-state index in [1.807, 2.05) is 18.7 Å². The highest BCUT2D eigenvalue weighted by Gasteiger charge is 2.36. The highest BCUT2D eigenvalue weighted by atomic mass is 16.6. The summed E-state index contributed by atoms with van der Waals surface area (Å²) in [7, 11) is 0. The molecule has 5 nitrogen and oxygen atoms in total. The van der Waals surface area contributed by atoms with E-state index in [4.69, 9.17) is 9.47 Å². The van der Waals surface area contributed by atoms with E-state index in [0.717, 1.165) is 25.7 Å². The normalized spacial score (nSPS) is 20.2. The van der Waals surface area contributed by atoms with Crippen LogP contribution in [-0.2, 0) is 19.1 Å². The van der Waals surface area contributed by atoms with Gasteiger partial charge >= 0.3 is 5.97 Å². The summed E-state index contributed by atoms with van der Waals surface area (Å²) in [5.74, 6) is 0.349. The molecule has 0 aromatic rings. The van der Waals surface area contributed by atoms with Crippen molar-refractivity contribution in [2.24, 2.45) is 11.8 Å². The predicted molar refractivity (Wildman–Crippen MR) is 74.1 cm³/mol. The maximum atomic E-state index is 11.9. The van der Waals surface area contributed by atoms with Crippen LogP contribution >= 0.6 is 0 Å². The van der Waals surface area contributed by atoms with Crippen LogP contribution in [0.1, 0.15) is 39.5 Å². The minimum atomic E-state index is -0.143. The third kappa shape index (κ3) is 4.47. The second kappa shape index (κ2) is 7.07. The second-order valence-corrected chi connectivity index (χ2v) is 5.96. The van der Waals surface area contributed by atoms with Gasteiger partial charge in [-0.1, -0.05) is 0 Å². The number of piperidine rings is 1. The van der Waals surface area contributed by atoms with Gasteiger partial charge in [0.15, 0.2) is 0 Å². The number of ether oxygens (including phenoxy) is 2. The number of rotatable bonds is 6. The molecule has 1 amide bonds. The fraction of sp³-hybridized carbons (Fsp3) is 0.867. The molecule has 0 spiro atoms. The van der Waals surface area contributed by atoms with Crippen molar-refractivity contribution < 1.29 is 19.1 Å². The van der Waals surface area contributed by atoms with Gasteiger partial charge in [0.2, 0.25) is 5.91 Å². The number of likely N-dealkylation sites (tertiary alicyclic amines) is 1. The fourth-order valence-electron chi connectivity index (χ4n) is 2.47. The zero-order valence-corrected chi connectivity index (χ0v) is 12.5. The molecule has 0 radical (unpaired) electrons. The Morgan fingerprint density at radius 2 is 1.70 bits per heavy atom. The minimum absolute atomic E-state index is 0.0581. The van der Waals surface area contributed by atoms with Crippen molar-refractivity contribution in [1.82, 2.24) is 4.90 Å². The summed E-state index contributed by atoms with van der Waals surface area (Å²) in [6.45, 7) is 6.05. The Hall–Kier alpha value is -1.10. The maximum Gasteiger partial charge on any atom is 0.309 e. The molecule has 5 heteroatoms. The Labute approximate surface area is 120 Å². The molecule has 0 unspecified atom stereocenters. The van der Waals surface area contributed by atoms with E-state index in [1.165, 1.54) is 0 Å². The molecule has 20 heavy (non-hydrogen) atoms. The standard InChI is InChI=1S/C15H25NO4/c1-11(2)19-9-10-20-15(18)13-5-7-16(8-6-13)14(17)12-3-4-12/h11-13H,3-10H2,1-2H3. The molecule has 1 aliphatic heterocycles. The quantitative estimate of drug-likeness (QED) is 0.549. The van der Waals surface area contributed by atoms with E-state index in [9.17, 15) is 9.59 Å². The SMILES string of the molecule is CC(C)OCCOC(=O)C1CCN(C(=O)C2CC2)CC1. The summed E-state index contributed by atoms with van der Waals surface area (Å²) in [6, 6.07) is 0. The Balaban J connectivity index is 1.62. The number of hydrogen-bond donors (Lipinski definition) is 0. The lowest BCUT2D eigenvalue weighted by Crippen LogP contribution is -2.41. The van der Waals surface area contributed by atoms with Crippen LogP contribution in [0.25, 0.3) is 0 Å². The molecule has 2 fully saturated rings. The van der Waals surface area contributed by atoms with E-state index >= 15 is 0 Å². The molecule has 2 rings (SSSR count). The zero-order valence-electron chi connectivity index (χ0n) is 12.5. The summed E-state index contributed by atoms with van der Waals surface area (Å²) in [4.78, 5) is 25.7. The second-order valence-electron chi connectivity index (χ2n) is 5.96. The van der Waals surface area contributed by atoms with E-state index in [2.05, 4.69) is 0 Å². The number of carbonyl (C=O) groups excluding carboxylic acids is 2. The highest BCUT2D eigenvalue weighted by molar-refractivity contribution is 5.81. The third-order valence-electron chi connectivity index (χ3n) is 3.85. The van der Waals surface area contributed by atoms with Crippen LogP contribution in [0.15, 0.2) is 0 Å². The number of esters is 1.